The molecule has 0 aliphatic carbocycles. The predicted molar refractivity (Wildman–Crippen MR) is 102 cm³/mol. The molecule has 1 N–H and O–H groups in total. The fourth-order valence-electron chi connectivity index (χ4n) is 2.93. The molecule has 0 radical (unpaired) electrons. The fourth-order valence-corrected chi connectivity index (χ4v) is 2.93. The average molecular weight is 349 g/mol. The van der Waals surface area contributed by atoms with E-state index in [1.165, 1.54) is 10.2 Å². The number of benzene rings is 2. The number of fused-ring (bicyclic) bond motifs is 1. The first-order valence-corrected chi connectivity index (χ1v) is 8.92. The van der Waals surface area contributed by atoms with Gasteiger partial charge in [-0.05, 0) is 37.5 Å². The average Bonchev–Trinajstić information content (AvgIpc) is 3.07. The molecule has 0 aliphatic heterocycles. The van der Waals surface area contributed by atoms with Crippen LogP contribution in [0.2, 0.25) is 0 Å². The molecule has 1 heterocycles. The van der Waals surface area contributed by atoms with E-state index in [4.69, 9.17) is 0 Å². The lowest BCUT2D eigenvalue weighted by molar-refractivity contribution is -0.121. The third kappa shape index (κ3) is 4.57. The second-order valence-corrected chi connectivity index (χ2v) is 6.45. The third-order valence-corrected chi connectivity index (χ3v) is 4.33. The number of carbonyl (C=O) groups excluding carboxylic acids is 2. The van der Waals surface area contributed by atoms with Crippen LogP contribution in [0.3, 0.4) is 0 Å². The SMILES string of the molecule is Cc1ccc2c(cnn2C(=O)CCC(=O)NCCCc2ccccc2)c1. The molecule has 134 valence electrons. The van der Waals surface area contributed by atoms with E-state index in [0.717, 1.165) is 29.3 Å². The van der Waals surface area contributed by atoms with Crippen LogP contribution in [0.1, 0.15) is 35.2 Å². The van der Waals surface area contributed by atoms with Gasteiger partial charge in [-0.1, -0.05) is 42.0 Å². The minimum atomic E-state index is -0.164. The predicted octanol–water partition coefficient (Wildman–Crippen LogP) is 3.51. The van der Waals surface area contributed by atoms with Crippen molar-refractivity contribution in [1.29, 1.82) is 0 Å². The second-order valence-electron chi connectivity index (χ2n) is 6.45. The van der Waals surface area contributed by atoms with E-state index in [-0.39, 0.29) is 24.7 Å². The van der Waals surface area contributed by atoms with Crippen LogP contribution in [0.5, 0.6) is 0 Å². The van der Waals surface area contributed by atoms with E-state index in [2.05, 4.69) is 22.5 Å². The molecule has 0 aliphatic rings. The Morgan fingerprint density at radius 1 is 1.08 bits per heavy atom. The summed E-state index contributed by atoms with van der Waals surface area (Å²) in [5, 5.41) is 7.97. The number of aromatic nitrogens is 2. The second kappa shape index (κ2) is 8.43. The molecular formula is C21H23N3O2. The number of nitrogens with zero attached hydrogens (tertiary/aromatic N) is 2. The van der Waals surface area contributed by atoms with Crippen LogP contribution in [0, 0.1) is 6.92 Å². The number of amides is 1. The van der Waals surface area contributed by atoms with Gasteiger partial charge in [0.05, 0.1) is 11.7 Å². The Kier molecular flexibility index (Phi) is 5.79. The molecule has 0 saturated carbocycles. The first kappa shape index (κ1) is 17.9. The van der Waals surface area contributed by atoms with E-state index in [1.54, 1.807) is 6.20 Å². The highest BCUT2D eigenvalue weighted by molar-refractivity contribution is 5.92. The number of aryl methyl sites for hydroxylation is 2. The number of hydrogen-bond acceptors (Lipinski definition) is 3. The van der Waals surface area contributed by atoms with Gasteiger partial charge in [-0.2, -0.15) is 5.10 Å². The van der Waals surface area contributed by atoms with Crippen molar-refractivity contribution in [2.75, 3.05) is 6.54 Å². The summed E-state index contributed by atoms with van der Waals surface area (Å²) in [5.41, 5.74) is 3.17. The molecule has 0 unspecified atom stereocenters. The summed E-state index contributed by atoms with van der Waals surface area (Å²) in [5.74, 6) is -0.262. The number of nitrogens with one attached hydrogen (secondary N) is 1. The van der Waals surface area contributed by atoms with Gasteiger partial charge in [0, 0.05) is 24.8 Å². The zero-order valence-corrected chi connectivity index (χ0v) is 14.9. The molecule has 1 aromatic heterocycles. The number of rotatable bonds is 7. The molecule has 2 aromatic carbocycles. The van der Waals surface area contributed by atoms with Crippen LogP contribution in [0.4, 0.5) is 0 Å². The molecule has 1 amide bonds. The summed E-state index contributed by atoms with van der Waals surface area (Å²) >= 11 is 0. The van der Waals surface area contributed by atoms with Crippen molar-refractivity contribution in [3.05, 3.63) is 65.9 Å². The standard InChI is InChI=1S/C21H23N3O2/c1-16-9-10-19-18(14-16)15-23-24(19)21(26)12-11-20(25)22-13-5-8-17-6-3-2-4-7-17/h2-4,6-7,9-10,14-15H,5,8,11-13H2,1H3,(H,22,25). The van der Waals surface area contributed by atoms with Crippen LogP contribution in [0.15, 0.2) is 54.7 Å². The largest absolute Gasteiger partial charge is 0.356 e. The highest BCUT2D eigenvalue weighted by Gasteiger charge is 2.12. The monoisotopic (exact) mass is 349 g/mol. The van der Waals surface area contributed by atoms with Crippen LogP contribution in [0.25, 0.3) is 10.9 Å². The topological polar surface area (TPSA) is 64.0 Å². The van der Waals surface area contributed by atoms with Crippen molar-refractivity contribution in [1.82, 2.24) is 15.1 Å². The van der Waals surface area contributed by atoms with Gasteiger partial charge in [0.2, 0.25) is 11.8 Å². The first-order valence-electron chi connectivity index (χ1n) is 8.92. The molecular weight excluding hydrogens is 326 g/mol. The summed E-state index contributed by atoms with van der Waals surface area (Å²) in [6, 6.07) is 16.0. The van der Waals surface area contributed by atoms with E-state index in [1.807, 2.05) is 43.3 Å². The zero-order chi connectivity index (χ0) is 18.4. The van der Waals surface area contributed by atoms with Crippen LogP contribution < -0.4 is 5.32 Å². The molecule has 0 spiro atoms. The van der Waals surface area contributed by atoms with E-state index >= 15 is 0 Å². The van der Waals surface area contributed by atoms with E-state index < -0.39 is 0 Å². The minimum Gasteiger partial charge on any atom is -0.356 e. The number of carbonyl (C=O) groups is 2. The van der Waals surface area contributed by atoms with Gasteiger partial charge < -0.3 is 5.32 Å². The quantitative estimate of drug-likeness (QED) is 0.664. The van der Waals surface area contributed by atoms with Gasteiger partial charge in [0.15, 0.2) is 0 Å². The molecule has 26 heavy (non-hydrogen) atoms. The lowest BCUT2D eigenvalue weighted by Gasteiger charge is -2.06. The fraction of sp³-hybridized carbons (Fsp3) is 0.286. The maximum Gasteiger partial charge on any atom is 0.247 e. The van der Waals surface area contributed by atoms with Crippen LogP contribution >= 0.6 is 0 Å². The van der Waals surface area contributed by atoms with Crippen molar-refractivity contribution in [3.8, 4) is 0 Å². The molecule has 0 bridgehead atoms. The van der Waals surface area contributed by atoms with Gasteiger partial charge in [0.1, 0.15) is 0 Å². The maximum atomic E-state index is 12.3. The molecule has 3 rings (SSSR count). The Morgan fingerprint density at radius 2 is 1.88 bits per heavy atom. The molecule has 3 aromatic rings. The van der Waals surface area contributed by atoms with Crippen LogP contribution in [-0.2, 0) is 11.2 Å². The number of hydrogen-bond donors (Lipinski definition) is 1. The normalized spacial score (nSPS) is 10.8. The Balaban J connectivity index is 1.43. The Hall–Kier alpha value is -2.95. The summed E-state index contributed by atoms with van der Waals surface area (Å²) in [4.78, 5) is 24.3. The van der Waals surface area contributed by atoms with Gasteiger partial charge in [-0.3, -0.25) is 9.59 Å². The van der Waals surface area contributed by atoms with Crippen molar-refractivity contribution >= 4 is 22.7 Å². The highest BCUT2D eigenvalue weighted by atomic mass is 16.2. The Labute approximate surface area is 153 Å². The molecule has 0 fully saturated rings. The summed E-state index contributed by atoms with van der Waals surface area (Å²) < 4.78 is 1.39. The van der Waals surface area contributed by atoms with Crippen molar-refractivity contribution in [2.45, 2.75) is 32.6 Å². The maximum absolute atomic E-state index is 12.3. The Bertz CT molecular complexity index is 900. The van der Waals surface area contributed by atoms with E-state index in [0.29, 0.717) is 6.54 Å². The Morgan fingerprint density at radius 3 is 2.69 bits per heavy atom. The van der Waals surface area contributed by atoms with Crippen molar-refractivity contribution < 1.29 is 9.59 Å². The smallest absolute Gasteiger partial charge is 0.247 e. The molecule has 5 nitrogen and oxygen atoms in total. The zero-order valence-electron chi connectivity index (χ0n) is 14.9. The van der Waals surface area contributed by atoms with E-state index in [9.17, 15) is 9.59 Å². The van der Waals surface area contributed by atoms with Gasteiger partial charge >= 0.3 is 0 Å². The highest BCUT2D eigenvalue weighted by Crippen LogP contribution is 2.16. The lowest BCUT2D eigenvalue weighted by Crippen LogP contribution is -2.26. The molecule has 5 heteroatoms. The van der Waals surface area contributed by atoms with Gasteiger partial charge in [-0.25, -0.2) is 4.68 Å². The minimum absolute atomic E-state index is 0.0984. The summed E-state index contributed by atoms with van der Waals surface area (Å²) in [6.45, 7) is 2.62. The lowest BCUT2D eigenvalue weighted by atomic mass is 10.1. The van der Waals surface area contributed by atoms with Crippen LogP contribution in [-0.4, -0.2) is 28.1 Å². The third-order valence-electron chi connectivity index (χ3n) is 4.33. The van der Waals surface area contributed by atoms with Gasteiger partial charge in [0.25, 0.3) is 0 Å². The first-order chi connectivity index (χ1) is 12.6. The van der Waals surface area contributed by atoms with Crippen molar-refractivity contribution in [3.63, 3.8) is 0 Å². The van der Waals surface area contributed by atoms with Crippen molar-refractivity contribution in [2.24, 2.45) is 0 Å². The molecule has 0 saturated heterocycles. The van der Waals surface area contributed by atoms with Gasteiger partial charge in [-0.15, -0.1) is 0 Å². The summed E-state index contributed by atoms with van der Waals surface area (Å²) in [6.07, 6.45) is 3.82. The summed E-state index contributed by atoms with van der Waals surface area (Å²) in [7, 11) is 0. The molecule has 0 atom stereocenters.